The van der Waals surface area contributed by atoms with E-state index >= 15 is 0 Å². The van der Waals surface area contributed by atoms with E-state index in [1.165, 1.54) is 76.8 Å². The van der Waals surface area contributed by atoms with Crippen molar-refractivity contribution in [1.82, 2.24) is 0 Å². The molecule has 0 aromatic heterocycles. The van der Waals surface area contributed by atoms with Gasteiger partial charge in [0.2, 0.25) is 0 Å². The highest BCUT2D eigenvalue weighted by atomic mass is 15.1. The minimum Gasteiger partial charge on any atom is -0.310 e. The van der Waals surface area contributed by atoms with E-state index in [9.17, 15) is 0 Å². The zero-order chi connectivity index (χ0) is 36.6. The Morgan fingerprint density at radius 1 is 0.255 bits per heavy atom. The van der Waals surface area contributed by atoms with Crippen molar-refractivity contribution >= 4 is 49.4 Å². The van der Waals surface area contributed by atoms with Crippen LogP contribution >= 0.6 is 0 Å². The normalized spacial score (nSPS) is 11.3. The molecule has 0 heterocycles. The third kappa shape index (κ3) is 6.02. The van der Waals surface area contributed by atoms with Crippen molar-refractivity contribution in [1.29, 1.82) is 0 Å². The highest BCUT2D eigenvalue weighted by Gasteiger charge is 2.18. The summed E-state index contributed by atoms with van der Waals surface area (Å²) < 4.78 is 0. The molecule has 10 aromatic carbocycles. The standard InChI is InChI=1S/C54H37N/c1-3-13-39(14-4-1)50-20-11-12-22-53(50)55(46-31-25-38(26-32-46)44-30-35-49-45(37-44)24-23-40-15-7-9-19-48(40)49)47-33-27-42(28-34-47)52-36-29-41-16-8-10-21-51(41)54(52)43-17-5-2-6-18-43/h1-37H. The second-order valence-corrected chi connectivity index (χ2v) is 14.1. The number of anilines is 3. The van der Waals surface area contributed by atoms with Gasteiger partial charge in [-0.1, -0.05) is 188 Å². The Hall–Kier alpha value is -7.22. The average Bonchev–Trinajstić information content (AvgIpc) is 3.27. The van der Waals surface area contributed by atoms with Crippen LogP contribution in [-0.4, -0.2) is 0 Å². The van der Waals surface area contributed by atoms with Gasteiger partial charge >= 0.3 is 0 Å². The van der Waals surface area contributed by atoms with Crippen LogP contribution in [0.4, 0.5) is 17.1 Å². The second kappa shape index (κ2) is 14.0. The first-order valence-corrected chi connectivity index (χ1v) is 18.9. The number of hydrogen-bond donors (Lipinski definition) is 0. The Labute approximate surface area is 322 Å². The summed E-state index contributed by atoms with van der Waals surface area (Å²) in [6.45, 7) is 0. The molecule has 0 atom stereocenters. The van der Waals surface area contributed by atoms with Crippen molar-refractivity contribution in [2.75, 3.05) is 4.90 Å². The van der Waals surface area contributed by atoms with Crippen LogP contribution in [0.1, 0.15) is 0 Å². The minimum atomic E-state index is 1.10. The molecule has 0 aliphatic carbocycles. The van der Waals surface area contributed by atoms with E-state index in [4.69, 9.17) is 0 Å². The van der Waals surface area contributed by atoms with Crippen molar-refractivity contribution < 1.29 is 0 Å². The first-order valence-electron chi connectivity index (χ1n) is 18.9. The molecule has 0 saturated heterocycles. The smallest absolute Gasteiger partial charge is 0.0540 e. The molecule has 0 aliphatic heterocycles. The second-order valence-electron chi connectivity index (χ2n) is 14.1. The van der Waals surface area contributed by atoms with Gasteiger partial charge in [-0.2, -0.15) is 0 Å². The molecule has 0 bridgehead atoms. The lowest BCUT2D eigenvalue weighted by atomic mass is 9.89. The van der Waals surface area contributed by atoms with Crippen molar-refractivity contribution in [2.45, 2.75) is 0 Å². The Bertz CT molecular complexity index is 2950. The van der Waals surface area contributed by atoms with Crippen molar-refractivity contribution in [3.63, 3.8) is 0 Å². The van der Waals surface area contributed by atoms with Gasteiger partial charge in [-0.25, -0.2) is 0 Å². The van der Waals surface area contributed by atoms with Crippen LogP contribution < -0.4 is 4.90 Å². The quantitative estimate of drug-likeness (QED) is 0.150. The molecule has 10 aromatic rings. The molecule has 1 nitrogen and oxygen atoms in total. The maximum absolute atomic E-state index is 2.39. The van der Waals surface area contributed by atoms with Gasteiger partial charge in [-0.15, -0.1) is 0 Å². The number of para-hydroxylation sites is 1. The van der Waals surface area contributed by atoms with Crippen LogP contribution in [0.15, 0.2) is 224 Å². The first-order chi connectivity index (χ1) is 27.3. The lowest BCUT2D eigenvalue weighted by Crippen LogP contribution is -2.11. The Kier molecular flexibility index (Phi) is 8.24. The summed E-state index contributed by atoms with van der Waals surface area (Å²) in [5, 5.41) is 7.59. The van der Waals surface area contributed by atoms with Crippen LogP contribution in [0.5, 0.6) is 0 Å². The predicted molar refractivity (Wildman–Crippen MR) is 235 cm³/mol. The Morgan fingerprint density at radius 2 is 0.745 bits per heavy atom. The third-order valence-corrected chi connectivity index (χ3v) is 10.9. The number of hydrogen-bond acceptors (Lipinski definition) is 1. The van der Waals surface area contributed by atoms with E-state index in [2.05, 4.69) is 229 Å². The summed E-state index contributed by atoms with van der Waals surface area (Å²) in [5.41, 5.74) is 13.0. The highest BCUT2D eigenvalue weighted by Crippen LogP contribution is 2.43. The van der Waals surface area contributed by atoms with Gasteiger partial charge in [-0.3, -0.25) is 0 Å². The molecule has 0 spiro atoms. The number of benzene rings is 10. The molecule has 55 heavy (non-hydrogen) atoms. The van der Waals surface area contributed by atoms with Gasteiger partial charge in [0.05, 0.1) is 5.69 Å². The summed E-state index contributed by atoms with van der Waals surface area (Å²) >= 11 is 0. The van der Waals surface area contributed by atoms with E-state index < -0.39 is 0 Å². The fourth-order valence-electron chi connectivity index (χ4n) is 8.17. The zero-order valence-electron chi connectivity index (χ0n) is 30.3. The summed E-state index contributed by atoms with van der Waals surface area (Å²) in [4.78, 5) is 2.39. The monoisotopic (exact) mass is 699 g/mol. The fourth-order valence-corrected chi connectivity index (χ4v) is 8.17. The summed E-state index contributed by atoms with van der Waals surface area (Å²) in [7, 11) is 0. The lowest BCUT2D eigenvalue weighted by molar-refractivity contribution is 1.28. The predicted octanol–water partition coefficient (Wildman–Crippen LogP) is 15.3. The van der Waals surface area contributed by atoms with E-state index in [0.717, 1.165) is 17.1 Å². The van der Waals surface area contributed by atoms with Crippen LogP contribution in [0.3, 0.4) is 0 Å². The first kappa shape index (κ1) is 32.4. The third-order valence-electron chi connectivity index (χ3n) is 10.9. The number of rotatable bonds is 7. The molecule has 0 radical (unpaired) electrons. The van der Waals surface area contributed by atoms with Gasteiger partial charge in [0.15, 0.2) is 0 Å². The molecule has 0 amide bonds. The molecular weight excluding hydrogens is 663 g/mol. The van der Waals surface area contributed by atoms with E-state index in [1.807, 2.05) is 0 Å². The van der Waals surface area contributed by atoms with Crippen LogP contribution in [0.2, 0.25) is 0 Å². The molecule has 0 aliphatic rings. The lowest BCUT2D eigenvalue weighted by Gasteiger charge is -2.28. The van der Waals surface area contributed by atoms with Gasteiger partial charge < -0.3 is 4.90 Å². The maximum atomic E-state index is 2.39. The van der Waals surface area contributed by atoms with Crippen molar-refractivity contribution in [3.8, 4) is 44.5 Å². The topological polar surface area (TPSA) is 3.24 Å². The van der Waals surface area contributed by atoms with Crippen LogP contribution in [0.25, 0.3) is 76.8 Å². The zero-order valence-corrected chi connectivity index (χ0v) is 30.3. The van der Waals surface area contributed by atoms with Gasteiger partial charge in [0.25, 0.3) is 0 Å². The molecule has 10 rings (SSSR count). The Balaban J connectivity index is 1.08. The maximum Gasteiger partial charge on any atom is 0.0540 e. The molecule has 0 unspecified atom stereocenters. The molecule has 0 fully saturated rings. The number of fused-ring (bicyclic) bond motifs is 4. The number of nitrogens with zero attached hydrogens (tertiary/aromatic N) is 1. The molecular formula is C54H37N. The molecule has 258 valence electrons. The average molecular weight is 700 g/mol. The minimum absolute atomic E-state index is 1.10. The molecule has 0 N–H and O–H groups in total. The SMILES string of the molecule is c1ccc(-c2ccccc2N(c2ccc(-c3ccc4c(ccc5ccccc54)c3)cc2)c2ccc(-c3ccc4ccccc4c3-c3ccccc3)cc2)cc1. The van der Waals surface area contributed by atoms with E-state index in [-0.39, 0.29) is 0 Å². The molecule has 0 saturated carbocycles. The van der Waals surface area contributed by atoms with Crippen molar-refractivity contribution in [2.24, 2.45) is 0 Å². The fraction of sp³-hybridized carbons (Fsp3) is 0. The van der Waals surface area contributed by atoms with Crippen LogP contribution in [-0.2, 0) is 0 Å². The Morgan fingerprint density at radius 3 is 1.47 bits per heavy atom. The van der Waals surface area contributed by atoms with E-state index in [0.29, 0.717) is 0 Å². The summed E-state index contributed by atoms with van der Waals surface area (Å²) in [6.07, 6.45) is 0. The van der Waals surface area contributed by atoms with Gasteiger partial charge in [0.1, 0.15) is 0 Å². The summed E-state index contributed by atoms with van der Waals surface area (Å²) in [6, 6.07) is 81.4. The summed E-state index contributed by atoms with van der Waals surface area (Å²) in [5.74, 6) is 0. The van der Waals surface area contributed by atoms with Gasteiger partial charge in [-0.05, 0) is 108 Å². The van der Waals surface area contributed by atoms with Gasteiger partial charge in [0, 0.05) is 16.9 Å². The molecule has 1 heteroatoms. The van der Waals surface area contributed by atoms with Crippen LogP contribution in [0, 0.1) is 0 Å². The highest BCUT2D eigenvalue weighted by molar-refractivity contribution is 6.08. The largest absolute Gasteiger partial charge is 0.310 e. The van der Waals surface area contributed by atoms with Crippen molar-refractivity contribution in [3.05, 3.63) is 224 Å². The van der Waals surface area contributed by atoms with E-state index in [1.54, 1.807) is 0 Å².